The van der Waals surface area contributed by atoms with Crippen LogP contribution in [0.1, 0.15) is 39.5 Å². The van der Waals surface area contributed by atoms with Gasteiger partial charge in [0.05, 0.1) is 6.10 Å². The summed E-state index contributed by atoms with van der Waals surface area (Å²) in [5.41, 5.74) is 0.407. The van der Waals surface area contributed by atoms with E-state index in [2.05, 4.69) is 24.5 Å². The highest BCUT2D eigenvalue weighted by atomic mass is 16.5. The SMILES string of the molecule is COC1CC(NC(=O)C2CC23CCNCC3)C1(C)C. The van der Waals surface area contributed by atoms with E-state index < -0.39 is 0 Å². The highest BCUT2D eigenvalue weighted by Crippen LogP contribution is 2.58. The van der Waals surface area contributed by atoms with E-state index in [0.717, 1.165) is 25.9 Å². The zero-order valence-corrected chi connectivity index (χ0v) is 12.3. The summed E-state index contributed by atoms with van der Waals surface area (Å²) in [6.45, 7) is 6.51. The van der Waals surface area contributed by atoms with Crippen molar-refractivity contribution >= 4 is 5.91 Å². The smallest absolute Gasteiger partial charge is 0.223 e. The molecule has 4 heteroatoms. The molecule has 3 fully saturated rings. The average Bonchev–Trinajstić information content (AvgIpc) is 3.08. The number of piperidine rings is 1. The Morgan fingerprint density at radius 1 is 1.32 bits per heavy atom. The second-order valence-corrected chi connectivity index (χ2v) is 7.21. The molecule has 1 heterocycles. The van der Waals surface area contributed by atoms with Crippen LogP contribution in [0.3, 0.4) is 0 Å². The average molecular weight is 266 g/mol. The van der Waals surface area contributed by atoms with Crippen LogP contribution in [0.5, 0.6) is 0 Å². The first-order valence-electron chi connectivity index (χ1n) is 7.53. The van der Waals surface area contributed by atoms with Crippen LogP contribution >= 0.6 is 0 Å². The zero-order chi connectivity index (χ0) is 13.7. The van der Waals surface area contributed by atoms with Crippen LogP contribution in [0, 0.1) is 16.7 Å². The van der Waals surface area contributed by atoms with Gasteiger partial charge in [-0.15, -0.1) is 0 Å². The summed E-state index contributed by atoms with van der Waals surface area (Å²) in [6.07, 6.45) is 4.67. The monoisotopic (exact) mass is 266 g/mol. The molecule has 3 rings (SSSR count). The second-order valence-electron chi connectivity index (χ2n) is 7.21. The van der Waals surface area contributed by atoms with Crippen molar-refractivity contribution in [3.05, 3.63) is 0 Å². The first-order valence-corrected chi connectivity index (χ1v) is 7.53. The van der Waals surface area contributed by atoms with E-state index in [1.54, 1.807) is 7.11 Å². The molecule has 2 saturated carbocycles. The van der Waals surface area contributed by atoms with E-state index in [1.165, 1.54) is 12.8 Å². The van der Waals surface area contributed by atoms with Crippen LogP contribution < -0.4 is 10.6 Å². The predicted octanol–water partition coefficient (Wildman–Crippen LogP) is 1.31. The normalized spacial score (nSPS) is 38.6. The minimum absolute atomic E-state index is 0.0700. The Bertz CT molecular complexity index is 374. The van der Waals surface area contributed by atoms with Crippen LogP contribution in [0.25, 0.3) is 0 Å². The van der Waals surface area contributed by atoms with Crippen molar-refractivity contribution in [3.8, 4) is 0 Å². The Hall–Kier alpha value is -0.610. The Morgan fingerprint density at radius 3 is 2.58 bits per heavy atom. The molecule has 1 saturated heterocycles. The van der Waals surface area contributed by atoms with Crippen LogP contribution in [-0.4, -0.2) is 38.3 Å². The lowest BCUT2D eigenvalue weighted by molar-refractivity contribution is -0.134. The Labute approximate surface area is 115 Å². The van der Waals surface area contributed by atoms with Gasteiger partial charge in [-0.3, -0.25) is 4.79 Å². The molecule has 1 aliphatic heterocycles. The number of carbonyl (C=O) groups is 1. The molecule has 108 valence electrons. The minimum atomic E-state index is 0.0700. The summed E-state index contributed by atoms with van der Waals surface area (Å²) in [4.78, 5) is 12.4. The van der Waals surface area contributed by atoms with Crippen molar-refractivity contribution in [2.45, 2.75) is 51.7 Å². The van der Waals surface area contributed by atoms with E-state index in [-0.39, 0.29) is 29.4 Å². The number of rotatable bonds is 3. The third-order valence-corrected chi connectivity index (χ3v) is 5.88. The van der Waals surface area contributed by atoms with Gasteiger partial charge in [0.15, 0.2) is 0 Å². The molecule has 3 aliphatic rings. The molecular formula is C15H26N2O2. The van der Waals surface area contributed by atoms with E-state index in [9.17, 15) is 4.79 Å². The summed E-state index contributed by atoms with van der Waals surface area (Å²) in [5, 5.41) is 6.65. The number of nitrogens with one attached hydrogen (secondary N) is 2. The summed E-state index contributed by atoms with van der Waals surface area (Å²) >= 11 is 0. The fraction of sp³-hybridized carbons (Fsp3) is 0.933. The van der Waals surface area contributed by atoms with Crippen molar-refractivity contribution < 1.29 is 9.53 Å². The Morgan fingerprint density at radius 2 is 2.00 bits per heavy atom. The van der Waals surface area contributed by atoms with Gasteiger partial charge >= 0.3 is 0 Å². The van der Waals surface area contributed by atoms with Gasteiger partial charge in [0.25, 0.3) is 0 Å². The van der Waals surface area contributed by atoms with E-state index in [4.69, 9.17) is 4.74 Å². The molecule has 0 bridgehead atoms. The first kappa shape index (κ1) is 13.4. The quantitative estimate of drug-likeness (QED) is 0.809. The fourth-order valence-electron chi connectivity index (χ4n) is 4.00. The molecule has 0 aromatic rings. The van der Waals surface area contributed by atoms with Gasteiger partial charge in [-0.25, -0.2) is 0 Å². The lowest BCUT2D eigenvalue weighted by Gasteiger charge is -2.51. The van der Waals surface area contributed by atoms with E-state index in [1.807, 2.05) is 0 Å². The highest BCUT2D eigenvalue weighted by Gasteiger charge is 2.59. The molecule has 0 radical (unpaired) electrons. The molecule has 2 N–H and O–H groups in total. The maximum atomic E-state index is 12.4. The molecule has 0 aromatic heterocycles. The maximum absolute atomic E-state index is 12.4. The van der Waals surface area contributed by atoms with Gasteiger partial charge in [-0.05, 0) is 44.2 Å². The summed E-state index contributed by atoms with van der Waals surface area (Å²) in [6, 6.07) is 0.282. The predicted molar refractivity (Wildman–Crippen MR) is 73.8 cm³/mol. The summed E-state index contributed by atoms with van der Waals surface area (Å²) in [7, 11) is 1.76. The summed E-state index contributed by atoms with van der Waals surface area (Å²) < 4.78 is 5.44. The number of hydrogen-bond acceptors (Lipinski definition) is 3. The molecule has 1 amide bonds. The maximum Gasteiger partial charge on any atom is 0.223 e. The number of hydrogen-bond donors (Lipinski definition) is 2. The number of ether oxygens (including phenoxy) is 1. The first-order chi connectivity index (χ1) is 8.99. The molecular weight excluding hydrogens is 240 g/mol. The van der Waals surface area contributed by atoms with Crippen LogP contribution in [0.4, 0.5) is 0 Å². The van der Waals surface area contributed by atoms with Gasteiger partial charge in [-0.2, -0.15) is 0 Å². The van der Waals surface area contributed by atoms with E-state index >= 15 is 0 Å². The standard InChI is InChI=1S/C15H26N2O2/c1-14(2)11(8-12(14)19-3)17-13(18)10-9-15(10)4-6-16-7-5-15/h10-12,16H,4-9H2,1-3H3,(H,17,18). The van der Waals surface area contributed by atoms with Crippen LogP contribution in [0.2, 0.25) is 0 Å². The topological polar surface area (TPSA) is 50.4 Å². The minimum Gasteiger partial charge on any atom is -0.381 e. The molecule has 3 unspecified atom stereocenters. The lowest BCUT2D eigenvalue weighted by Crippen LogP contribution is -2.62. The number of amides is 1. The van der Waals surface area contributed by atoms with Crippen LogP contribution in [0.15, 0.2) is 0 Å². The van der Waals surface area contributed by atoms with Crippen molar-refractivity contribution in [1.82, 2.24) is 10.6 Å². The van der Waals surface area contributed by atoms with Gasteiger partial charge in [0.2, 0.25) is 5.91 Å². The van der Waals surface area contributed by atoms with Gasteiger partial charge in [0.1, 0.15) is 0 Å². The van der Waals surface area contributed by atoms with E-state index in [0.29, 0.717) is 5.41 Å². The third kappa shape index (κ3) is 2.09. The molecule has 0 aromatic carbocycles. The van der Waals surface area contributed by atoms with Crippen LogP contribution in [-0.2, 0) is 9.53 Å². The van der Waals surface area contributed by atoms with Crippen molar-refractivity contribution in [2.24, 2.45) is 16.7 Å². The number of carbonyl (C=O) groups excluding carboxylic acids is 1. The molecule has 3 atom stereocenters. The van der Waals surface area contributed by atoms with Gasteiger partial charge < -0.3 is 15.4 Å². The number of methoxy groups -OCH3 is 1. The second kappa shape index (κ2) is 4.45. The third-order valence-electron chi connectivity index (χ3n) is 5.88. The largest absolute Gasteiger partial charge is 0.381 e. The highest BCUT2D eigenvalue weighted by molar-refractivity contribution is 5.83. The van der Waals surface area contributed by atoms with Crippen molar-refractivity contribution in [2.75, 3.05) is 20.2 Å². The zero-order valence-electron chi connectivity index (χ0n) is 12.3. The summed E-state index contributed by atoms with van der Waals surface area (Å²) in [5.74, 6) is 0.557. The molecule has 2 aliphatic carbocycles. The fourth-order valence-corrected chi connectivity index (χ4v) is 4.00. The van der Waals surface area contributed by atoms with Gasteiger partial charge in [0, 0.05) is 24.5 Å². The Balaban J connectivity index is 1.53. The van der Waals surface area contributed by atoms with Crippen molar-refractivity contribution in [3.63, 3.8) is 0 Å². The Kier molecular flexibility index (Phi) is 3.13. The molecule has 19 heavy (non-hydrogen) atoms. The molecule has 4 nitrogen and oxygen atoms in total. The van der Waals surface area contributed by atoms with Crippen molar-refractivity contribution in [1.29, 1.82) is 0 Å². The molecule has 1 spiro atoms. The lowest BCUT2D eigenvalue weighted by atomic mass is 9.64. The van der Waals surface area contributed by atoms with Gasteiger partial charge in [-0.1, -0.05) is 13.8 Å².